The van der Waals surface area contributed by atoms with Gasteiger partial charge in [-0.1, -0.05) is 13.8 Å². The largest absolute Gasteiger partial charge is 0.381 e. The van der Waals surface area contributed by atoms with E-state index in [2.05, 4.69) is 26.2 Å². The molecular formula is C11H23NO. The maximum absolute atomic E-state index is 5.63. The van der Waals surface area contributed by atoms with Crippen LogP contribution < -0.4 is 5.32 Å². The van der Waals surface area contributed by atoms with Gasteiger partial charge < -0.3 is 10.1 Å². The molecule has 0 bridgehead atoms. The Kier molecular flexibility index (Phi) is 4.20. The molecule has 1 saturated carbocycles. The first kappa shape index (κ1) is 11.0. The summed E-state index contributed by atoms with van der Waals surface area (Å²) in [7, 11) is 2.06. The summed E-state index contributed by atoms with van der Waals surface area (Å²) in [5.74, 6) is 0. The Balaban J connectivity index is 2.23. The van der Waals surface area contributed by atoms with E-state index in [1.165, 1.54) is 19.3 Å². The van der Waals surface area contributed by atoms with E-state index in [0.29, 0.717) is 5.41 Å². The molecule has 1 aliphatic rings. The molecule has 0 aromatic rings. The molecule has 1 rings (SSSR count). The molecule has 2 unspecified atom stereocenters. The Morgan fingerprint density at radius 1 is 1.54 bits per heavy atom. The Morgan fingerprint density at radius 3 is 2.85 bits per heavy atom. The molecule has 0 heterocycles. The smallest absolute Gasteiger partial charge is 0.0520 e. The molecule has 13 heavy (non-hydrogen) atoms. The number of hydrogen-bond donors (Lipinski definition) is 1. The Hall–Kier alpha value is -0.0800. The molecule has 0 saturated heterocycles. The van der Waals surface area contributed by atoms with Crippen LogP contribution in [0.2, 0.25) is 0 Å². The van der Waals surface area contributed by atoms with Crippen molar-refractivity contribution in [3.63, 3.8) is 0 Å². The number of rotatable bonds is 5. The van der Waals surface area contributed by atoms with E-state index < -0.39 is 0 Å². The van der Waals surface area contributed by atoms with Crippen LogP contribution >= 0.6 is 0 Å². The van der Waals surface area contributed by atoms with Gasteiger partial charge >= 0.3 is 0 Å². The van der Waals surface area contributed by atoms with E-state index in [1.807, 2.05) is 0 Å². The molecule has 2 nitrogen and oxygen atoms in total. The fraction of sp³-hybridized carbons (Fsp3) is 1.00. The average Bonchev–Trinajstić information content (AvgIpc) is 2.49. The molecule has 78 valence electrons. The summed E-state index contributed by atoms with van der Waals surface area (Å²) in [6.07, 6.45) is 5.02. The predicted octanol–water partition coefficient (Wildman–Crippen LogP) is 2.19. The van der Waals surface area contributed by atoms with E-state index in [0.717, 1.165) is 25.7 Å². The van der Waals surface area contributed by atoms with Crippen molar-refractivity contribution in [1.29, 1.82) is 0 Å². The third-order valence-corrected chi connectivity index (χ3v) is 3.04. The molecule has 0 amide bonds. The first-order valence-corrected chi connectivity index (χ1v) is 5.45. The Morgan fingerprint density at radius 2 is 2.31 bits per heavy atom. The lowest BCUT2D eigenvalue weighted by atomic mass is 9.90. The Bertz CT molecular complexity index is 149. The highest BCUT2D eigenvalue weighted by atomic mass is 16.5. The molecule has 0 spiro atoms. The number of ether oxygens (including phenoxy) is 1. The summed E-state index contributed by atoms with van der Waals surface area (Å²) in [6.45, 7) is 6.37. The summed E-state index contributed by atoms with van der Waals surface area (Å²) in [6, 6.07) is 0.718. The van der Waals surface area contributed by atoms with Gasteiger partial charge in [-0.15, -0.1) is 0 Å². The summed E-state index contributed by atoms with van der Waals surface area (Å²) < 4.78 is 5.63. The van der Waals surface area contributed by atoms with E-state index >= 15 is 0 Å². The molecule has 0 aromatic heterocycles. The third kappa shape index (κ3) is 3.28. The average molecular weight is 185 g/mol. The van der Waals surface area contributed by atoms with Gasteiger partial charge in [-0.05, 0) is 38.1 Å². The topological polar surface area (TPSA) is 21.3 Å². The van der Waals surface area contributed by atoms with Gasteiger partial charge in [0.2, 0.25) is 0 Å². The van der Waals surface area contributed by atoms with Crippen LogP contribution in [0.1, 0.15) is 39.5 Å². The zero-order valence-electron chi connectivity index (χ0n) is 9.23. The zero-order chi connectivity index (χ0) is 9.73. The minimum absolute atomic E-state index is 0.433. The van der Waals surface area contributed by atoms with Crippen LogP contribution in [-0.2, 0) is 4.74 Å². The summed E-state index contributed by atoms with van der Waals surface area (Å²) in [5, 5.41) is 3.35. The van der Waals surface area contributed by atoms with Gasteiger partial charge in [0.25, 0.3) is 0 Å². The lowest BCUT2D eigenvalue weighted by Crippen LogP contribution is -2.26. The maximum atomic E-state index is 5.63. The van der Waals surface area contributed by atoms with Crippen molar-refractivity contribution in [2.45, 2.75) is 45.6 Å². The van der Waals surface area contributed by atoms with Gasteiger partial charge in [0.05, 0.1) is 6.61 Å². The third-order valence-electron chi connectivity index (χ3n) is 3.04. The van der Waals surface area contributed by atoms with Crippen molar-refractivity contribution in [2.75, 3.05) is 20.3 Å². The minimum atomic E-state index is 0.433. The van der Waals surface area contributed by atoms with E-state index in [-0.39, 0.29) is 0 Å². The van der Waals surface area contributed by atoms with Crippen molar-refractivity contribution in [2.24, 2.45) is 5.41 Å². The molecule has 2 atom stereocenters. The first-order valence-electron chi connectivity index (χ1n) is 5.45. The lowest BCUT2D eigenvalue weighted by molar-refractivity contribution is 0.0556. The van der Waals surface area contributed by atoms with E-state index in [9.17, 15) is 0 Å². The van der Waals surface area contributed by atoms with Crippen molar-refractivity contribution in [1.82, 2.24) is 5.32 Å². The van der Waals surface area contributed by atoms with Gasteiger partial charge in [0.1, 0.15) is 0 Å². The summed E-state index contributed by atoms with van der Waals surface area (Å²) in [5.41, 5.74) is 0.433. The second-order valence-electron chi connectivity index (χ2n) is 4.59. The number of nitrogens with one attached hydrogen (secondary N) is 1. The summed E-state index contributed by atoms with van der Waals surface area (Å²) in [4.78, 5) is 0. The monoisotopic (exact) mass is 185 g/mol. The number of hydrogen-bond acceptors (Lipinski definition) is 2. The fourth-order valence-electron chi connectivity index (χ4n) is 2.16. The second-order valence-corrected chi connectivity index (χ2v) is 4.59. The maximum Gasteiger partial charge on any atom is 0.0520 e. The van der Waals surface area contributed by atoms with E-state index in [4.69, 9.17) is 4.74 Å². The van der Waals surface area contributed by atoms with Gasteiger partial charge in [0, 0.05) is 12.6 Å². The van der Waals surface area contributed by atoms with Gasteiger partial charge in [-0.25, -0.2) is 0 Å². The van der Waals surface area contributed by atoms with Crippen molar-refractivity contribution in [3.8, 4) is 0 Å². The van der Waals surface area contributed by atoms with Gasteiger partial charge in [-0.2, -0.15) is 0 Å². The lowest BCUT2D eigenvalue weighted by Gasteiger charge is -2.23. The fourth-order valence-corrected chi connectivity index (χ4v) is 2.16. The van der Waals surface area contributed by atoms with Crippen molar-refractivity contribution >= 4 is 0 Å². The quantitative estimate of drug-likeness (QED) is 0.663. The molecule has 1 fully saturated rings. The zero-order valence-corrected chi connectivity index (χ0v) is 9.23. The van der Waals surface area contributed by atoms with Crippen molar-refractivity contribution in [3.05, 3.63) is 0 Å². The molecule has 0 aliphatic heterocycles. The minimum Gasteiger partial charge on any atom is -0.381 e. The van der Waals surface area contributed by atoms with Crippen LogP contribution in [0.4, 0.5) is 0 Å². The molecule has 2 heteroatoms. The van der Waals surface area contributed by atoms with Crippen LogP contribution in [-0.4, -0.2) is 26.3 Å². The van der Waals surface area contributed by atoms with Crippen LogP contribution in [0.15, 0.2) is 0 Å². The highest BCUT2D eigenvalue weighted by Gasteiger charge is 2.34. The highest BCUT2D eigenvalue weighted by molar-refractivity contribution is 4.88. The first-order chi connectivity index (χ1) is 6.20. The molecule has 1 N–H and O–H groups in total. The summed E-state index contributed by atoms with van der Waals surface area (Å²) >= 11 is 0. The normalized spacial score (nSPS) is 33.9. The molecule has 0 aromatic carbocycles. The Labute approximate surface area is 82.0 Å². The van der Waals surface area contributed by atoms with Gasteiger partial charge in [-0.3, -0.25) is 0 Å². The second kappa shape index (κ2) is 4.97. The van der Waals surface area contributed by atoms with E-state index in [1.54, 1.807) is 0 Å². The molecule has 0 radical (unpaired) electrons. The van der Waals surface area contributed by atoms with Crippen LogP contribution in [0.3, 0.4) is 0 Å². The van der Waals surface area contributed by atoms with Crippen LogP contribution in [0.5, 0.6) is 0 Å². The molecule has 1 aliphatic carbocycles. The van der Waals surface area contributed by atoms with Crippen LogP contribution in [0.25, 0.3) is 0 Å². The van der Waals surface area contributed by atoms with Gasteiger partial charge in [0.15, 0.2) is 0 Å². The molecular weight excluding hydrogens is 162 g/mol. The SMILES string of the molecule is CCCOCC1(C)CCC(NC)C1. The van der Waals surface area contributed by atoms with Crippen molar-refractivity contribution < 1.29 is 4.74 Å². The predicted molar refractivity (Wildman–Crippen MR) is 55.9 cm³/mol. The highest BCUT2D eigenvalue weighted by Crippen LogP contribution is 2.37. The van der Waals surface area contributed by atoms with Crippen LogP contribution in [0, 0.1) is 5.41 Å². The standard InChI is InChI=1S/C11H23NO/c1-4-7-13-9-11(2)6-5-10(8-11)12-3/h10,12H,4-9H2,1-3H3.